The van der Waals surface area contributed by atoms with Gasteiger partial charge in [-0.1, -0.05) is 0 Å². The van der Waals surface area contributed by atoms with Crippen molar-refractivity contribution in [2.75, 3.05) is 18.9 Å². The van der Waals surface area contributed by atoms with Crippen LogP contribution < -0.4 is 10.3 Å². The second-order valence-electron chi connectivity index (χ2n) is 9.49. The van der Waals surface area contributed by atoms with E-state index in [0.29, 0.717) is 6.29 Å². The summed E-state index contributed by atoms with van der Waals surface area (Å²) in [5.74, 6) is 0.0546. The lowest BCUT2D eigenvalue weighted by Gasteiger charge is -2.20. The average Bonchev–Trinajstić information content (AvgIpc) is 3.61. The molecule has 3 aromatic heterocycles. The molecule has 5 rings (SSSR count). The second-order valence-corrected chi connectivity index (χ2v) is 12.5. The minimum absolute atomic E-state index is 0.0546. The molecule has 2 aliphatic heterocycles. The summed E-state index contributed by atoms with van der Waals surface area (Å²) in [6, 6.07) is 2.98. The Labute approximate surface area is 241 Å². The highest BCUT2D eigenvalue weighted by atomic mass is 31.3. The van der Waals surface area contributed by atoms with Crippen LogP contribution in [-0.2, 0) is 32.0 Å². The Morgan fingerprint density at radius 1 is 0.977 bits per heavy atom. The summed E-state index contributed by atoms with van der Waals surface area (Å²) in [4.78, 5) is 42.9. The minimum Gasteiger partial charge on any atom is -0.387 e. The van der Waals surface area contributed by atoms with Crippen molar-refractivity contribution in [2.24, 2.45) is 0 Å². The number of carbonyl (C=O) groups is 1. The van der Waals surface area contributed by atoms with Crippen molar-refractivity contribution in [1.82, 2.24) is 19.5 Å². The van der Waals surface area contributed by atoms with Crippen LogP contribution in [0.4, 0.5) is 5.82 Å². The smallest absolute Gasteiger partial charge is 0.387 e. The predicted molar refractivity (Wildman–Crippen MR) is 136 cm³/mol. The van der Waals surface area contributed by atoms with Crippen LogP contribution in [0.25, 0.3) is 11.2 Å². The molecular weight excluding hydrogens is 622 g/mol. The molecule has 0 saturated carbocycles. The summed E-state index contributed by atoms with van der Waals surface area (Å²) >= 11 is 0. The zero-order chi connectivity index (χ0) is 31.1. The van der Waals surface area contributed by atoms with Crippen molar-refractivity contribution >= 4 is 38.9 Å². The molecule has 0 amide bonds. The number of aromatic nitrogens is 5. The number of nitrogen functional groups attached to an aromatic ring is 1. The SMILES string of the molecule is Nc1ncnc2c1ncn2[C@@H]1O[C@H](COP(=O)(O)OP(=O)(O)OC[C@@H]2O[C@H]([n+]3cccc(C=O)c3)[C@H](O)[C@@H]2O)[C@H](O)[C@@H]1O. The third-order valence-corrected chi connectivity index (χ3v) is 9.22. The van der Waals surface area contributed by atoms with Crippen LogP contribution in [0, 0.1) is 0 Å². The topological polar surface area (TPSA) is 292 Å². The van der Waals surface area contributed by atoms with Gasteiger partial charge in [0.15, 0.2) is 42.5 Å². The summed E-state index contributed by atoms with van der Waals surface area (Å²) in [5, 5.41) is 41.5. The van der Waals surface area contributed by atoms with Gasteiger partial charge in [-0.25, -0.2) is 24.1 Å². The van der Waals surface area contributed by atoms with Gasteiger partial charge in [-0.2, -0.15) is 8.88 Å². The van der Waals surface area contributed by atoms with Gasteiger partial charge in [0.1, 0.15) is 42.4 Å². The lowest BCUT2D eigenvalue weighted by Crippen LogP contribution is -2.46. The van der Waals surface area contributed by atoms with Crippen LogP contribution in [0.2, 0.25) is 0 Å². The third kappa shape index (κ3) is 6.66. The third-order valence-electron chi connectivity index (χ3n) is 6.62. The van der Waals surface area contributed by atoms with Crippen LogP contribution in [0.15, 0.2) is 37.2 Å². The molecule has 2 saturated heterocycles. The lowest BCUT2D eigenvalue weighted by atomic mass is 10.1. The zero-order valence-electron chi connectivity index (χ0n) is 21.7. The van der Waals surface area contributed by atoms with E-state index in [2.05, 4.69) is 23.8 Å². The molecule has 2 unspecified atom stereocenters. The van der Waals surface area contributed by atoms with Gasteiger partial charge in [-0.3, -0.25) is 18.4 Å². The highest BCUT2D eigenvalue weighted by molar-refractivity contribution is 7.61. The van der Waals surface area contributed by atoms with E-state index in [1.165, 1.54) is 40.0 Å². The molecule has 234 valence electrons. The number of aliphatic hydroxyl groups is 4. The Morgan fingerprint density at radius 3 is 2.30 bits per heavy atom. The number of aldehydes is 1. The van der Waals surface area contributed by atoms with Crippen LogP contribution >= 0.6 is 15.6 Å². The summed E-state index contributed by atoms with van der Waals surface area (Å²) < 4.78 is 52.0. The maximum Gasteiger partial charge on any atom is 0.481 e. The fourth-order valence-electron chi connectivity index (χ4n) is 4.52. The number of aliphatic hydroxyl groups excluding tert-OH is 4. The Hall–Kier alpha value is -2.81. The molecule has 22 heteroatoms. The van der Waals surface area contributed by atoms with E-state index >= 15 is 0 Å². The molecule has 0 radical (unpaired) electrons. The van der Waals surface area contributed by atoms with Crippen molar-refractivity contribution < 1.29 is 71.5 Å². The number of pyridine rings is 1. The molecular formula is C21H27N6O14P2+. The van der Waals surface area contributed by atoms with E-state index in [1.54, 1.807) is 0 Å². The molecule has 2 aliphatic rings. The second kappa shape index (κ2) is 12.3. The van der Waals surface area contributed by atoms with Crippen LogP contribution in [-0.4, -0.2) is 106 Å². The minimum atomic E-state index is -5.35. The number of imidazole rings is 1. The van der Waals surface area contributed by atoms with Crippen molar-refractivity contribution in [1.29, 1.82) is 0 Å². The summed E-state index contributed by atoms with van der Waals surface area (Å²) in [7, 11) is -10.7. The number of phosphoric acid groups is 2. The molecule has 10 atom stereocenters. The summed E-state index contributed by atoms with van der Waals surface area (Å²) in [5.41, 5.74) is 6.36. The molecule has 0 bridgehead atoms. The van der Waals surface area contributed by atoms with Gasteiger partial charge in [0.25, 0.3) is 6.23 Å². The van der Waals surface area contributed by atoms with Gasteiger partial charge in [0.05, 0.1) is 25.1 Å². The van der Waals surface area contributed by atoms with Gasteiger partial charge in [-0.15, -0.1) is 0 Å². The normalized spacial score (nSPS) is 32.0. The largest absolute Gasteiger partial charge is 0.481 e. The molecule has 0 spiro atoms. The standard InChI is InChI=1S/C21H26N6O14P2/c22-18-13-19(24-8-23-18)27(9-25-13)21-17(32)15(30)12(40-21)7-38-43(35,36)41-42(33,34)37-6-11-14(29)16(31)20(39-11)26-3-1-2-10(4-26)5-28/h1-5,8-9,11-12,14-17,20-21,29-32H,6-7H2,(H3-,22,23,24,33,34,35,36)/p+1/t11-,12+,14+,15-,16+,17-,20-,21+/m0/s1. The highest BCUT2D eigenvalue weighted by Gasteiger charge is 2.50. The predicted octanol–water partition coefficient (Wildman–Crippen LogP) is -2.30. The molecule has 0 aromatic carbocycles. The van der Waals surface area contributed by atoms with Crippen molar-refractivity contribution in [3.63, 3.8) is 0 Å². The first-order valence-electron chi connectivity index (χ1n) is 12.4. The number of ether oxygens (including phenoxy) is 2. The Morgan fingerprint density at radius 2 is 1.63 bits per heavy atom. The van der Waals surface area contributed by atoms with Crippen LogP contribution in [0.5, 0.6) is 0 Å². The number of carbonyl (C=O) groups excluding carboxylic acids is 1. The van der Waals surface area contributed by atoms with Crippen LogP contribution in [0.3, 0.4) is 0 Å². The van der Waals surface area contributed by atoms with Gasteiger partial charge in [0.2, 0.25) is 0 Å². The van der Waals surface area contributed by atoms with Gasteiger partial charge in [0, 0.05) is 6.07 Å². The fourth-order valence-corrected chi connectivity index (χ4v) is 6.61. The van der Waals surface area contributed by atoms with E-state index < -0.39 is 77.9 Å². The van der Waals surface area contributed by atoms with E-state index in [9.17, 15) is 44.1 Å². The quantitative estimate of drug-likeness (QED) is 0.0652. The maximum absolute atomic E-state index is 12.4. The number of anilines is 1. The molecule has 2 fully saturated rings. The molecule has 3 aromatic rings. The maximum atomic E-state index is 12.4. The van der Waals surface area contributed by atoms with Crippen molar-refractivity contribution in [2.45, 2.75) is 49.1 Å². The first-order chi connectivity index (χ1) is 20.3. The number of nitrogens with zero attached hydrogens (tertiary/aromatic N) is 5. The zero-order valence-corrected chi connectivity index (χ0v) is 23.5. The molecule has 5 heterocycles. The fraction of sp³-hybridized carbons (Fsp3) is 0.476. The first kappa shape index (κ1) is 31.6. The Bertz CT molecular complexity index is 1580. The number of hydrogen-bond acceptors (Lipinski definition) is 16. The number of fused-ring (bicyclic) bond motifs is 1. The van der Waals surface area contributed by atoms with Gasteiger partial charge >= 0.3 is 15.6 Å². The number of nitrogens with two attached hydrogens (primary N) is 1. The van der Waals surface area contributed by atoms with E-state index in [0.717, 1.165) is 6.33 Å². The summed E-state index contributed by atoms with van der Waals surface area (Å²) in [6.07, 6.45) is -5.95. The van der Waals surface area contributed by atoms with Gasteiger partial charge < -0.3 is 45.4 Å². The first-order valence-corrected chi connectivity index (χ1v) is 15.4. The monoisotopic (exact) mass is 649 g/mol. The molecule has 20 nitrogen and oxygen atoms in total. The Balaban J connectivity index is 1.16. The van der Waals surface area contributed by atoms with Crippen molar-refractivity contribution in [3.8, 4) is 0 Å². The highest BCUT2D eigenvalue weighted by Crippen LogP contribution is 2.60. The van der Waals surface area contributed by atoms with E-state index in [-0.39, 0.29) is 22.5 Å². The number of rotatable bonds is 11. The van der Waals surface area contributed by atoms with Gasteiger partial charge in [-0.05, 0) is 6.07 Å². The van der Waals surface area contributed by atoms with Crippen LogP contribution in [0.1, 0.15) is 22.8 Å². The van der Waals surface area contributed by atoms with Crippen molar-refractivity contribution in [3.05, 3.63) is 42.7 Å². The molecule has 43 heavy (non-hydrogen) atoms. The summed E-state index contributed by atoms with van der Waals surface area (Å²) in [6.45, 7) is -1.76. The van der Waals surface area contributed by atoms with E-state index in [4.69, 9.17) is 19.7 Å². The van der Waals surface area contributed by atoms with E-state index in [1.807, 2.05) is 0 Å². The lowest BCUT2D eigenvalue weighted by molar-refractivity contribution is -0.765. The number of phosphoric ester groups is 2. The number of hydrogen-bond donors (Lipinski definition) is 7. The molecule has 0 aliphatic carbocycles. The molecule has 8 N–H and O–H groups in total. The average molecular weight is 649 g/mol. The Kier molecular flexibility index (Phi) is 9.04.